The smallest absolute Gasteiger partial charge is 0.237 e. The molecule has 1 fully saturated rings. The molecular weight excluding hydrogens is 240 g/mol. The van der Waals surface area contributed by atoms with Crippen LogP contribution in [-0.2, 0) is 4.79 Å². The molecule has 0 aromatic carbocycles. The summed E-state index contributed by atoms with van der Waals surface area (Å²) in [6, 6.07) is 6.11. The first-order valence-electron chi connectivity index (χ1n) is 6.84. The number of anilines is 1. The topological polar surface area (TPSA) is 57.3 Å². The molecule has 0 aliphatic carbocycles. The third-order valence-electron chi connectivity index (χ3n) is 3.64. The maximum absolute atomic E-state index is 11.8. The van der Waals surface area contributed by atoms with Crippen molar-refractivity contribution in [2.45, 2.75) is 31.8 Å². The SMILES string of the molecule is CNC(C)C(=O)NC1CCN(c2ccccn2)CC1. The van der Waals surface area contributed by atoms with Crippen molar-refractivity contribution in [1.29, 1.82) is 0 Å². The van der Waals surface area contributed by atoms with Crippen LogP contribution in [-0.4, -0.2) is 43.1 Å². The van der Waals surface area contributed by atoms with Crippen molar-refractivity contribution in [3.05, 3.63) is 24.4 Å². The highest BCUT2D eigenvalue weighted by atomic mass is 16.2. The van der Waals surface area contributed by atoms with E-state index in [2.05, 4.69) is 20.5 Å². The van der Waals surface area contributed by atoms with Gasteiger partial charge in [0.25, 0.3) is 0 Å². The Morgan fingerprint density at radius 1 is 1.42 bits per heavy atom. The number of hydrogen-bond acceptors (Lipinski definition) is 4. The van der Waals surface area contributed by atoms with Gasteiger partial charge in [-0.1, -0.05) is 6.07 Å². The lowest BCUT2D eigenvalue weighted by Gasteiger charge is -2.33. The number of nitrogens with one attached hydrogen (secondary N) is 2. The van der Waals surface area contributed by atoms with Gasteiger partial charge >= 0.3 is 0 Å². The number of nitrogens with zero attached hydrogens (tertiary/aromatic N) is 2. The Hall–Kier alpha value is -1.62. The third kappa shape index (κ3) is 3.67. The van der Waals surface area contributed by atoms with Gasteiger partial charge in [-0.25, -0.2) is 4.98 Å². The van der Waals surface area contributed by atoms with E-state index >= 15 is 0 Å². The Balaban J connectivity index is 1.81. The van der Waals surface area contributed by atoms with Crippen molar-refractivity contribution in [1.82, 2.24) is 15.6 Å². The Bertz CT molecular complexity index is 401. The van der Waals surface area contributed by atoms with E-state index < -0.39 is 0 Å². The first-order valence-corrected chi connectivity index (χ1v) is 6.84. The fourth-order valence-electron chi connectivity index (χ4n) is 2.25. The summed E-state index contributed by atoms with van der Waals surface area (Å²) < 4.78 is 0. The van der Waals surface area contributed by atoms with Gasteiger partial charge in [-0.05, 0) is 38.9 Å². The van der Waals surface area contributed by atoms with Crippen molar-refractivity contribution in [2.24, 2.45) is 0 Å². The van der Waals surface area contributed by atoms with Gasteiger partial charge in [0.1, 0.15) is 5.82 Å². The first kappa shape index (κ1) is 13.8. The maximum atomic E-state index is 11.8. The minimum atomic E-state index is -0.131. The molecule has 104 valence electrons. The largest absolute Gasteiger partial charge is 0.356 e. The van der Waals surface area contributed by atoms with Crippen molar-refractivity contribution >= 4 is 11.7 Å². The third-order valence-corrected chi connectivity index (χ3v) is 3.64. The molecule has 5 heteroatoms. The second-order valence-corrected chi connectivity index (χ2v) is 4.97. The number of carbonyl (C=O) groups excluding carboxylic acids is 1. The quantitative estimate of drug-likeness (QED) is 0.842. The van der Waals surface area contributed by atoms with Crippen molar-refractivity contribution in [3.63, 3.8) is 0 Å². The molecule has 1 unspecified atom stereocenters. The maximum Gasteiger partial charge on any atom is 0.237 e. The number of likely N-dealkylation sites (N-methyl/N-ethyl adjacent to an activating group) is 1. The summed E-state index contributed by atoms with van der Waals surface area (Å²) in [6.07, 6.45) is 3.76. The van der Waals surface area contributed by atoms with Gasteiger partial charge in [-0.2, -0.15) is 0 Å². The van der Waals surface area contributed by atoms with Crippen LogP contribution in [0, 0.1) is 0 Å². The average Bonchev–Trinajstić information content (AvgIpc) is 2.48. The van der Waals surface area contributed by atoms with Gasteiger partial charge in [-0.3, -0.25) is 4.79 Å². The summed E-state index contributed by atoms with van der Waals surface area (Å²) in [5.41, 5.74) is 0. The average molecular weight is 262 g/mol. The van der Waals surface area contributed by atoms with E-state index in [1.54, 1.807) is 7.05 Å². The lowest BCUT2D eigenvalue weighted by molar-refractivity contribution is -0.123. The number of aromatic nitrogens is 1. The zero-order chi connectivity index (χ0) is 13.7. The molecule has 1 atom stereocenters. The van der Waals surface area contributed by atoms with Crippen molar-refractivity contribution in [3.8, 4) is 0 Å². The van der Waals surface area contributed by atoms with Gasteiger partial charge < -0.3 is 15.5 Å². The zero-order valence-corrected chi connectivity index (χ0v) is 11.6. The number of carbonyl (C=O) groups is 1. The van der Waals surface area contributed by atoms with E-state index in [9.17, 15) is 4.79 Å². The van der Waals surface area contributed by atoms with Crippen LogP contribution >= 0.6 is 0 Å². The van der Waals surface area contributed by atoms with Crippen LogP contribution in [0.5, 0.6) is 0 Å². The van der Waals surface area contributed by atoms with E-state index in [-0.39, 0.29) is 18.0 Å². The zero-order valence-electron chi connectivity index (χ0n) is 11.6. The summed E-state index contributed by atoms with van der Waals surface area (Å²) in [7, 11) is 1.80. The fourth-order valence-corrected chi connectivity index (χ4v) is 2.25. The number of hydrogen-bond donors (Lipinski definition) is 2. The second-order valence-electron chi connectivity index (χ2n) is 4.97. The molecule has 5 nitrogen and oxygen atoms in total. The molecule has 1 aliphatic rings. The van der Waals surface area contributed by atoms with Crippen LogP contribution in [0.15, 0.2) is 24.4 Å². The van der Waals surface area contributed by atoms with Gasteiger partial charge in [-0.15, -0.1) is 0 Å². The van der Waals surface area contributed by atoms with Gasteiger partial charge in [0, 0.05) is 25.3 Å². The van der Waals surface area contributed by atoms with Crippen LogP contribution in [0.1, 0.15) is 19.8 Å². The number of amides is 1. The predicted molar refractivity (Wildman–Crippen MR) is 76.1 cm³/mol. The summed E-state index contributed by atoms with van der Waals surface area (Å²) in [5.74, 6) is 1.11. The minimum Gasteiger partial charge on any atom is -0.356 e. The van der Waals surface area contributed by atoms with E-state index in [0.29, 0.717) is 0 Å². The Labute approximate surface area is 114 Å². The molecule has 0 saturated carbocycles. The van der Waals surface area contributed by atoms with Crippen LogP contribution in [0.3, 0.4) is 0 Å². The summed E-state index contributed by atoms with van der Waals surface area (Å²) >= 11 is 0. The van der Waals surface area contributed by atoms with E-state index in [4.69, 9.17) is 0 Å². The molecule has 1 aromatic rings. The van der Waals surface area contributed by atoms with Crippen molar-refractivity contribution < 1.29 is 4.79 Å². The molecule has 2 rings (SSSR count). The molecule has 1 aliphatic heterocycles. The highest BCUT2D eigenvalue weighted by Gasteiger charge is 2.22. The normalized spacial score (nSPS) is 18.1. The molecule has 1 amide bonds. The van der Waals surface area contributed by atoms with E-state index in [1.165, 1.54) is 0 Å². The summed E-state index contributed by atoms with van der Waals surface area (Å²) in [4.78, 5) is 18.4. The van der Waals surface area contributed by atoms with Crippen LogP contribution in [0.2, 0.25) is 0 Å². The Morgan fingerprint density at radius 3 is 2.74 bits per heavy atom. The Kier molecular flexibility index (Phi) is 4.74. The molecule has 1 saturated heterocycles. The monoisotopic (exact) mass is 262 g/mol. The number of piperidine rings is 1. The minimum absolute atomic E-state index is 0.0822. The fraction of sp³-hybridized carbons (Fsp3) is 0.571. The summed E-state index contributed by atoms with van der Waals surface area (Å²) in [6.45, 7) is 3.75. The number of rotatable bonds is 4. The second kappa shape index (κ2) is 6.52. The van der Waals surface area contributed by atoms with E-state index in [0.717, 1.165) is 31.7 Å². The molecular formula is C14H22N4O. The van der Waals surface area contributed by atoms with Crippen LogP contribution in [0.25, 0.3) is 0 Å². The molecule has 2 N–H and O–H groups in total. The lowest BCUT2D eigenvalue weighted by Crippen LogP contribution is -2.49. The highest BCUT2D eigenvalue weighted by Crippen LogP contribution is 2.17. The van der Waals surface area contributed by atoms with Crippen molar-refractivity contribution in [2.75, 3.05) is 25.0 Å². The molecule has 0 spiro atoms. The van der Waals surface area contributed by atoms with Gasteiger partial charge in [0.05, 0.1) is 6.04 Å². The first-order chi connectivity index (χ1) is 9.20. The highest BCUT2D eigenvalue weighted by molar-refractivity contribution is 5.81. The molecule has 0 radical (unpaired) electrons. The lowest BCUT2D eigenvalue weighted by atomic mass is 10.0. The van der Waals surface area contributed by atoms with Gasteiger partial charge in [0.2, 0.25) is 5.91 Å². The summed E-state index contributed by atoms with van der Waals surface area (Å²) in [5, 5.41) is 6.05. The van der Waals surface area contributed by atoms with Gasteiger partial charge in [0.15, 0.2) is 0 Å². The van der Waals surface area contributed by atoms with Crippen LogP contribution < -0.4 is 15.5 Å². The Morgan fingerprint density at radius 2 is 2.16 bits per heavy atom. The standard InChI is InChI=1S/C14H22N4O/c1-11(15-2)14(19)17-12-6-9-18(10-7-12)13-5-3-4-8-16-13/h3-5,8,11-12,15H,6-7,9-10H2,1-2H3,(H,17,19). The molecule has 0 bridgehead atoms. The molecule has 19 heavy (non-hydrogen) atoms. The molecule has 1 aromatic heterocycles. The number of pyridine rings is 1. The van der Waals surface area contributed by atoms with Crippen LogP contribution in [0.4, 0.5) is 5.82 Å². The molecule has 2 heterocycles. The van der Waals surface area contributed by atoms with E-state index in [1.807, 2.05) is 31.3 Å². The predicted octanol–water partition coefficient (Wildman–Crippen LogP) is 0.774.